The van der Waals surface area contributed by atoms with Gasteiger partial charge in [0.15, 0.2) is 0 Å². The Balaban J connectivity index is 1.67. The second-order valence-corrected chi connectivity index (χ2v) is 6.09. The summed E-state index contributed by atoms with van der Waals surface area (Å²) in [5.41, 5.74) is 6.30. The first-order valence-corrected chi connectivity index (χ1v) is 7.45. The predicted octanol–water partition coefficient (Wildman–Crippen LogP) is 1.76. The normalized spacial score (nSPS) is 41.1. The Morgan fingerprint density at radius 2 is 1.76 bits per heavy atom. The van der Waals surface area contributed by atoms with Crippen LogP contribution in [0, 0.1) is 5.92 Å². The largest absolute Gasteiger partial charge is 0.380 e. The quantitative estimate of drug-likeness (QED) is 0.796. The van der Waals surface area contributed by atoms with Crippen LogP contribution < -0.4 is 5.73 Å². The standard InChI is InChI=1S/C14H26N2O/c15-12-7-9-17-10-14(12)16-8-3-6-13(16)11-4-1-2-5-11/h11-14H,1-10,15H2. The molecule has 0 amide bonds. The molecule has 1 saturated carbocycles. The van der Waals surface area contributed by atoms with Crippen LogP contribution in [-0.4, -0.2) is 42.8 Å². The van der Waals surface area contributed by atoms with Gasteiger partial charge in [0.25, 0.3) is 0 Å². The SMILES string of the molecule is NC1CCOCC1N1CCCC1C1CCCC1. The lowest BCUT2D eigenvalue weighted by Crippen LogP contribution is -2.56. The van der Waals surface area contributed by atoms with Gasteiger partial charge in [0.05, 0.1) is 6.61 Å². The first-order chi connectivity index (χ1) is 8.36. The fraction of sp³-hybridized carbons (Fsp3) is 1.00. The maximum absolute atomic E-state index is 6.30. The van der Waals surface area contributed by atoms with E-state index in [4.69, 9.17) is 10.5 Å². The van der Waals surface area contributed by atoms with Crippen molar-refractivity contribution in [3.63, 3.8) is 0 Å². The molecule has 1 aliphatic carbocycles. The van der Waals surface area contributed by atoms with Gasteiger partial charge in [0, 0.05) is 24.7 Å². The molecule has 3 aliphatic rings. The molecule has 17 heavy (non-hydrogen) atoms. The Kier molecular flexibility index (Phi) is 3.69. The Morgan fingerprint density at radius 1 is 0.941 bits per heavy atom. The van der Waals surface area contributed by atoms with Crippen LogP contribution in [0.15, 0.2) is 0 Å². The molecular formula is C14H26N2O. The minimum Gasteiger partial charge on any atom is -0.380 e. The lowest BCUT2D eigenvalue weighted by atomic mass is 9.93. The molecular weight excluding hydrogens is 212 g/mol. The van der Waals surface area contributed by atoms with E-state index in [0.29, 0.717) is 12.1 Å². The summed E-state index contributed by atoms with van der Waals surface area (Å²) in [7, 11) is 0. The molecule has 3 heteroatoms. The molecule has 98 valence electrons. The van der Waals surface area contributed by atoms with E-state index in [2.05, 4.69) is 4.90 Å². The summed E-state index contributed by atoms with van der Waals surface area (Å²) < 4.78 is 5.65. The molecule has 0 bridgehead atoms. The highest BCUT2D eigenvalue weighted by Gasteiger charge is 2.39. The van der Waals surface area contributed by atoms with Crippen LogP contribution in [0.25, 0.3) is 0 Å². The molecule has 3 fully saturated rings. The Hall–Kier alpha value is -0.120. The molecule has 3 nitrogen and oxygen atoms in total. The van der Waals surface area contributed by atoms with Crippen molar-refractivity contribution in [1.29, 1.82) is 0 Å². The summed E-state index contributed by atoms with van der Waals surface area (Å²) in [6.45, 7) is 2.98. The van der Waals surface area contributed by atoms with Crippen molar-refractivity contribution < 1.29 is 4.74 Å². The third-order valence-corrected chi connectivity index (χ3v) is 5.09. The van der Waals surface area contributed by atoms with Crippen molar-refractivity contribution in [3.8, 4) is 0 Å². The number of likely N-dealkylation sites (tertiary alicyclic amines) is 1. The molecule has 0 aromatic carbocycles. The van der Waals surface area contributed by atoms with Gasteiger partial charge in [0.1, 0.15) is 0 Å². The maximum atomic E-state index is 6.30. The van der Waals surface area contributed by atoms with E-state index in [0.717, 1.165) is 31.6 Å². The summed E-state index contributed by atoms with van der Waals surface area (Å²) in [5.74, 6) is 0.951. The monoisotopic (exact) mass is 238 g/mol. The summed E-state index contributed by atoms with van der Waals surface area (Å²) in [4.78, 5) is 2.71. The van der Waals surface area contributed by atoms with E-state index in [9.17, 15) is 0 Å². The molecule has 2 N–H and O–H groups in total. The molecule has 0 aromatic heterocycles. The van der Waals surface area contributed by atoms with Crippen molar-refractivity contribution in [3.05, 3.63) is 0 Å². The molecule has 3 unspecified atom stereocenters. The van der Waals surface area contributed by atoms with E-state index in [1.807, 2.05) is 0 Å². The van der Waals surface area contributed by atoms with Crippen LogP contribution >= 0.6 is 0 Å². The Morgan fingerprint density at radius 3 is 2.53 bits per heavy atom. The summed E-state index contributed by atoms with van der Waals surface area (Å²) in [6, 6.07) is 1.65. The first-order valence-electron chi connectivity index (χ1n) is 7.45. The van der Waals surface area contributed by atoms with Crippen molar-refractivity contribution in [2.24, 2.45) is 11.7 Å². The molecule has 2 aliphatic heterocycles. The van der Waals surface area contributed by atoms with Gasteiger partial charge in [-0.2, -0.15) is 0 Å². The van der Waals surface area contributed by atoms with Crippen LogP contribution in [0.3, 0.4) is 0 Å². The third kappa shape index (κ3) is 2.38. The van der Waals surface area contributed by atoms with Gasteiger partial charge in [-0.3, -0.25) is 4.90 Å². The summed E-state index contributed by atoms with van der Waals surface area (Å²) in [5, 5.41) is 0. The predicted molar refractivity (Wildman–Crippen MR) is 68.9 cm³/mol. The molecule has 2 heterocycles. The average molecular weight is 238 g/mol. The fourth-order valence-corrected chi connectivity index (χ4v) is 4.16. The Labute approximate surface area is 105 Å². The van der Waals surface area contributed by atoms with Gasteiger partial charge >= 0.3 is 0 Å². The zero-order chi connectivity index (χ0) is 11.7. The summed E-state index contributed by atoms with van der Waals surface area (Å²) >= 11 is 0. The van der Waals surface area contributed by atoms with Gasteiger partial charge < -0.3 is 10.5 Å². The summed E-state index contributed by atoms with van der Waals surface area (Å²) in [6.07, 6.45) is 9.59. The zero-order valence-corrected chi connectivity index (χ0v) is 10.8. The molecule has 0 aromatic rings. The van der Waals surface area contributed by atoms with E-state index in [1.54, 1.807) is 0 Å². The molecule has 2 saturated heterocycles. The van der Waals surface area contributed by atoms with Crippen LogP contribution in [0.4, 0.5) is 0 Å². The number of nitrogens with two attached hydrogens (primary N) is 1. The highest BCUT2D eigenvalue weighted by Crippen LogP contribution is 2.37. The zero-order valence-electron chi connectivity index (χ0n) is 10.8. The van der Waals surface area contributed by atoms with E-state index < -0.39 is 0 Å². The maximum Gasteiger partial charge on any atom is 0.0637 e. The van der Waals surface area contributed by atoms with E-state index >= 15 is 0 Å². The Bertz CT molecular complexity index is 253. The van der Waals surface area contributed by atoms with Gasteiger partial charge in [-0.05, 0) is 44.6 Å². The smallest absolute Gasteiger partial charge is 0.0637 e. The van der Waals surface area contributed by atoms with Crippen LogP contribution in [-0.2, 0) is 4.74 Å². The van der Waals surface area contributed by atoms with E-state index in [1.165, 1.54) is 45.1 Å². The third-order valence-electron chi connectivity index (χ3n) is 5.09. The number of ether oxygens (including phenoxy) is 1. The van der Waals surface area contributed by atoms with Gasteiger partial charge in [-0.15, -0.1) is 0 Å². The fourth-order valence-electron chi connectivity index (χ4n) is 4.16. The van der Waals surface area contributed by atoms with Gasteiger partial charge in [0.2, 0.25) is 0 Å². The number of rotatable bonds is 2. The van der Waals surface area contributed by atoms with Gasteiger partial charge in [-0.25, -0.2) is 0 Å². The lowest BCUT2D eigenvalue weighted by Gasteiger charge is -2.41. The van der Waals surface area contributed by atoms with Crippen LogP contribution in [0.5, 0.6) is 0 Å². The highest BCUT2D eigenvalue weighted by atomic mass is 16.5. The first kappa shape index (κ1) is 11.9. The van der Waals surface area contributed by atoms with Gasteiger partial charge in [-0.1, -0.05) is 12.8 Å². The molecule has 3 rings (SSSR count). The highest BCUT2D eigenvalue weighted by molar-refractivity contribution is 4.95. The minimum atomic E-state index is 0.339. The molecule has 0 spiro atoms. The van der Waals surface area contributed by atoms with Crippen molar-refractivity contribution in [2.75, 3.05) is 19.8 Å². The van der Waals surface area contributed by atoms with Crippen molar-refractivity contribution >= 4 is 0 Å². The van der Waals surface area contributed by atoms with Crippen molar-refractivity contribution in [2.45, 2.75) is 63.1 Å². The number of hydrogen-bond acceptors (Lipinski definition) is 3. The van der Waals surface area contributed by atoms with E-state index in [-0.39, 0.29) is 0 Å². The minimum absolute atomic E-state index is 0.339. The number of hydrogen-bond donors (Lipinski definition) is 1. The number of nitrogens with zero attached hydrogens (tertiary/aromatic N) is 1. The lowest BCUT2D eigenvalue weighted by molar-refractivity contribution is -0.00760. The molecule has 0 radical (unpaired) electrons. The topological polar surface area (TPSA) is 38.5 Å². The van der Waals surface area contributed by atoms with Crippen LogP contribution in [0.1, 0.15) is 44.9 Å². The second-order valence-electron chi connectivity index (χ2n) is 6.09. The molecule has 3 atom stereocenters. The second kappa shape index (κ2) is 5.25. The average Bonchev–Trinajstić information content (AvgIpc) is 3.00. The van der Waals surface area contributed by atoms with Crippen molar-refractivity contribution in [1.82, 2.24) is 4.90 Å². The van der Waals surface area contributed by atoms with Crippen LogP contribution in [0.2, 0.25) is 0 Å².